The highest BCUT2D eigenvalue weighted by atomic mass is 15.3. The fourth-order valence-corrected chi connectivity index (χ4v) is 6.07. The second-order valence-corrected chi connectivity index (χ2v) is 10.5. The Bertz CT molecular complexity index is 1330. The van der Waals surface area contributed by atoms with Crippen LogP contribution >= 0.6 is 0 Å². The molecule has 6 nitrogen and oxygen atoms in total. The molecule has 2 aliphatic rings. The SMILES string of the molecule is CC.CNCCCNc1nc(CN2CCN(C3c4ccccc4CCc4ccccc43)CC2)nc2ccccc12. The molecule has 1 fully saturated rings. The average Bonchev–Trinajstić information content (AvgIpc) is 3.18. The van der Waals surface area contributed by atoms with Crippen molar-refractivity contribution in [2.45, 2.75) is 45.7 Å². The van der Waals surface area contributed by atoms with E-state index in [0.717, 1.165) is 87.6 Å². The molecular weight excluding hydrogens is 492 g/mol. The molecule has 0 atom stereocenters. The van der Waals surface area contributed by atoms with Crippen LogP contribution in [-0.2, 0) is 19.4 Å². The van der Waals surface area contributed by atoms with Gasteiger partial charge in [0.1, 0.15) is 11.6 Å². The van der Waals surface area contributed by atoms with Crippen LogP contribution in [0.25, 0.3) is 10.9 Å². The zero-order valence-electron chi connectivity index (χ0n) is 24.4. The number of hydrogen-bond acceptors (Lipinski definition) is 6. The van der Waals surface area contributed by atoms with Crippen LogP contribution in [0.1, 0.15) is 54.4 Å². The summed E-state index contributed by atoms with van der Waals surface area (Å²) in [7, 11) is 1.99. The highest BCUT2D eigenvalue weighted by Gasteiger charge is 2.31. The van der Waals surface area contributed by atoms with Crippen LogP contribution in [-0.4, -0.2) is 66.1 Å². The van der Waals surface area contributed by atoms with Gasteiger partial charge in [0.05, 0.1) is 18.1 Å². The lowest BCUT2D eigenvalue weighted by molar-refractivity contribution is 0.103. The number of aryl methyl sites for hydroxylation is 2. The van der Waals surface area contributed by atoms with E-state index < -0.39 is 0 Å². The molecule has 1 saturated heterocycles. The molecule has 1 aromatic heterocycles. The zero-order valence-corrected chi connectivity index (χ0v) is 24.4. The summed E-state index contributed by atoms with van der Waals surface area (Å²) in [4.78, 5) is 15.1. The normalized spacial score (nSPS) is 16.0. The van der Waals surface area contributed by atoms with E-state index in [1.807, 2.05) is 20.9 Å². The molecule has 0 spiro atoms. The molecule has 0 bridgehead atoms. The van der Waals surface area contributed by atoms with Crippen molar-refractivity contribution in [2.75, 3.05) is 51.6 Å². The van der Waals surface area contributed by atoms with Gasteiger partial charge in [-0.25, -0.2) is 9.97 Å². The number of para-hydroxylation sites is 1. The van der Waals surface area contributed by atoms with Gasteiger partial charge in [0.25, 0.3) is 0 Å². The van der Waals surface area contributed by atoms with Gasteiger partial charge in [-0.15, -0.1) is 0 Å². The van der Waals surface area contributed by atoms with Crippen LogP contribution in [0.2, 0.25) is 0 Å². The maximum atomic E-state index is 4.98. The van der Waals surface area contributed by atoms with Crippen molar-refractivity contribution in [1.82, 2.24) is 25.1 Å². The third-order valence-electron chi connectivity index (χ3n) is 8.05. The number of rotatable bonds is 8. The maximum absolute atomic E-state index is 4.98. The first-order valence-corrected chi connectivity index (χ1v) is 15.1. The van der Waals surface area contributed by atoms with Gasteiger partial charge >= 0.3 is 0 Å². The minimum absolute atomic E-state index is 0.331. The number of hydrogen-bond donors (Lipinski definition) is 2. The summed E-state index contributed by atoms with van der Waals surface area (Å²) in [6, 6.07) is 26.8. The molecule has 210 valence electrons. The van der Waals surface area contributed by atoms with Gasteiger partial charge in [0.2, 0.25) is 0 Å². The van der Waals surface area contributed by atoms with E-state index in [1.165, 1.54) is 22.3 Å². The lowest BCUT2D eigenvalue weighted by Gasteiger charge is -2.40. The van der Waals surface area contributed by atoms with Crippen molar-refractivity contribution in [3.63, 3.8) is 0 Å². The highest BCUT2D eigenvalue weighted by molar-refractivity contribution is 5.88. The topological polar surface area (TPSA) is 56.3 Å². The molecule has 0 saturated carbocycles. The number of aromatic nitrogens is 2. The summed E-state index contributed by atoms with van der Waals surface area (Å²) in [5, 5.41) is 7.87. The Balaban J connectivity index is 0.00000158. The summed E-state index contributed by atoms with van der Waals surface area (Å²) < 4.78 is 0. The Kier molecular flexibility index (Phi) is 9.76. The number of fused-ring (bicyclic) bond motifs is 3. The van der Waals surface area contributed by atoms with E-state index in [4.69, 9.17) is 9.97 Å². The van der Waals surface area contributed by atoms with Gasteiger partial charge in [-0.1, -0.05) is 74.5 Å². The molecule has 0 unspecified atom stereocenters. The van der Waals surface area contributed by atoms with Gasteiger partial charge in [-0.2, -0.15) is 0 Å². The number of anilines is 1. The monoisotopic (exact) mass is 536 g/mol. The van der Waals surface area contributed by atoms with Gasteiger partial charge in [-0.05, 0) is 67.2 Å². The standard InChI is InChI=1S/C32H38N6.C2H6/c1-33-17-8-18-34-32-28-13-6-7-14-29(28)35-30(36-32)23-37-19-21-38(22-20-37)31-26-11-4-2-9-24(26)15-16-25-10-3-5-12-27(25)31;1-2/h2-7,9-14,31,33H,8,15-23H2,1H3,(H,34,35,36);1-2H3. The summed E-state index contributed by atoms with van der Waals surface area (Å²) >= 11 is 0. The highest BCUT2D eigenvalue weighted by Crippen LogP contribution is 2.37. The fraction of sp³-hybridized carbons (Fsp3) is 0.412. The Morgan fingerprint density at radius 1 is 0.750 bits per heavy atom. The van der Waals surface area contributed by atoms with Crippen molar-refractivity contribution in [2.24, 2.45) is 0 Å². The number of nitrogens with zero attached hydrogens (tertiary/aromatic N) is 4. The summed E-state index contributed by atoms with van der Waals surface area (Å²) in [6.07, 6.45) is 3.29. The van der Waals surface area contributed by atoms with E-state index >= 15 is 0 Å². The van der Waals surface area contributed by atoms with Crippen molar-refractivity contribution in [3.05, 3.63) is 101 Å². The van der Waals surface area contributed by atoms with Crippen molar-refractivity contribution < 1.29 is 0 Å². The summed E-state index contributed by atoms with van der Waals surface area (Å²) in [5.41, 5.74) is 6.97. The van der Waals surface area contributed by atoms with E-state index in [2.05, 4.69) is 93.2 Å². The van der Waals surface area contributed by atoms with E-state index in [0.29, 0.717) is 6.04 Å². The second kappa shape index (κ2) is 13.8. The zero-order chi connectivity index (χ0) is 27.7. The third-order valence-corrected chi connectivity index (χ3v) is 8.05. The van der Waals surface area contributed by atoms with Crippen LogP contribution in [0.5, 0.6) is 0 Å². The lowest BCUT2D eigenvalue weighted by Crippen LogP contribution is -2.47. The second-order valence-electron chi connectivity index (χ2n) is 10.5. The quantitative estimate of drug-likeness (QED) is 0.283. The molecule has 6 heteroatoms. The Morgan fingerprint density at radius 3 is 2.05 bits per heavy atom. The number of piperazine rings is 1. The Morgan fingerprint density at radius 2 is 1.38 bits per heavy atom. The van der Waals surface area contributed by atoms with Crippen molar-refractivity contribution in [3.8, 4) is 0 Å². The van der Waals surface area contributed by atoms with Gasteiger partial charge < -0.3 is 10.6 Å². The molecule has 2 N–H and O–H groups in total. The summed E-state index contributed by atoms with van der Waals surface area (Å²) in [6.45, 7) is 10.8. The molecule has 0 radical (unpaired) electrons. The largest absolute Gasteiger partial charge is 0.369 e. The van der Waals surface area contributed by atoms with Gasteiger partial charge in [0, 0.05) is 38.1 Å². The first-order valence-electron chi connectivity index (χ1n) is 15.1. The van der Waals surface area contributed by atoms with E-state index in [9.17, 15) is 0 Å². The van der Waals surface area contributed by atoms with Crippen molar-refractivity contribution >= 4 is 16.7 Å². The Labute approximate surface area is 239 Å². The molecule has 40 heavy (non-hydrogen) atoms. The van der Waals surface area contributed by atoms with Crippen LogP contribution < -0.4 is 10.6 Å². The molecule has 4 aromatic rings. The first-order chi connectivity index (χ1) is 19.8. The van der Waals surface area contributed by atoms with Gasteiger partial charge in [-0.3, -0.25) is 9.80 Å². The predicted molar refractivity (Wildman–Crippen MR) is 167 cm³/mol. The van der Waals surface area contributed by atoms with Crippen LogP contribution in [0.3, 0.4) is 0 Å². The number of benzene rings is 3. The first kappa shape index (κ1) is 28.2. The van der Waals surface area contributed by atoms with Crippen molar-refractivity contribution in [1.29, 1.82) is 0 Å². The average molecular weight is 537 g/mol. The number of nitrogens with one attached hydrogen (secondary N) is 2. The molecule has 2 heterocycles. The predicted octanol–water partition coefficient (Wildman–Crippen LogP) is 5.68. The smallest absolute Gasteiger partial charge is 0.145 e. The van der Waals surface area contributed by atoms with Crippen LogP contribution in [0.15, 0.2) is 72.8 Å². The molecular formula is C34H44N6. The lowest BCUT2D eigenvalue weighted by atomic mass is 9.93. The molecule has 0 amide bonds. The van der Waals surface area contributed by atoms with Gasteiger partial charge in [0.15, 0.2) is 0 Å². The Hall–Kier alpha value is -3.32. The fourth-order valence-electron chi connectivity index (χ4n) is 6.07. The van der Waals surface area contributed by atoms with Crippen LogP contribution in [0, 0.1) is 0 Å². The minimum Gasteiger partial charge on any atom is -0.369 e. The molecule has 1 aliphatic heterocycles. The van der Waals surface area contributed by atoms with E-state index in [1.54, 1.807) is 0 Å². The summed E-state index contributed by atoms with van der Waals surface area (Å²) in [5.74, 6) is 1.85. The third kappa shape index (κ3) is 6.35. The molecule has 3 aromatic carbocycles. The van der Waals surface area contributed by atoms with Crippen LogP contribution in [0.4, 0.5) is 5.82 Å². The minimum atomic E-state index is 0.331. The van der Waals surface area contributed by atoms with E-state index in [-0.39, 0.29) is 0 Å². The molecule has 1 aliphatic carbocycles. The maximum Gasteiger partial charge on any atom is 0.145 e. The molecule has 6 rings (SSSR count).